The molecule has 1 aromatic rings. The minimum atomic E-state index is -0.365. The molecule has 22 heavy (non-hydrogen) atoms. The Morgan fingerprint density at radius 2 is 2.00 bits per heavy atom. The molecule has 2 saturated heterocycles. The number of rotatable bonds is 4. The quantitative estimate of drug-likeness (QED) is 0.925. The van der Waals surface area contributed by atoms with Crippen LogP contribution in [0.5, 0.6) is 0 Å². The first-order chi connectivity index (χ1) is 10.7. The Bertz CT molecular complexity index is 549. The molecule has 2 heterocycles. The Hall–Kier alpha value is -1.10. The van der Waals surface area contributed by atoms with Gasteiger partial charge in [0.2, 0.25) is 5.91 Å². The normalized spacial score (nSPS) is 26.1. The van der Waals surface area contributed by atoms with Crippen LogP contribution in [0.4, 0.5) is 0 Å². The smallest absolute Gasteiger partial charge is 0.243 e. The molecule has 0 saturated carbocycles. The van der Waals surface area contributed by atoms with Gasteiger partial charge in [-0.05, 0) is 49.9 Å². The molecule has 1 unspecified atom stereocenters. The lowest BCUT2D eigenvalue weighted by atomic mass is 9.85. The maximum absolute atomic E-state index is 13.0. The highest BCUT2D eigenvalue weighted by Crippen LogP contribution is 2.39. The highest BCUT2D eigenvalue weighted by atomic mass is 35.5. The van der Waals surface area contributed by atoms with E-state index in [-0.39, 0.29) is 18.1 Å². The molecule has 1 aromatic carbocycles. The van der Waals surface area contributed by atoms with Gasteiger partial charge in [-0.15, -0.1) is 0 Å². The van der Waals surface area contributed by atoms with Gasteiger partial charge in [0.25, 0.3) is 0 Å². The summed E-state index contributed by atoms with van der Waals surface area (Å²) in [5.74, 6) is 0.201. The fourth-order valence-electron chi connectivity index (χ4n) is 3.95. The first-order valence-corrected chi connectivity index (χ1v) is 8.43. The van der Waals surface area contributed by atoms with Gasteiger partial charge in [0.1, 0.15) is 5.54 Å². The van der Waals surface area contributed by atoms with Crippen molar-refractivity contribution >= 4 is 17.5 Å². The zero-order valence-electron chi connectivity index (χ0n) is 12.8. The molecule has 1 N–H and O–H groups in total. The first-order valence-electron chi connectivity index (χ1n) is 8.05. The van der Waals surface area contributed by atoms with Crippen molar-refractivity contribution in [1.82, 2.24) is 9.80 Å². The van der Waals surface area contributed by atoms with Crippen molar-refractivity contribution in [2.24, 2.45) is 0 Å². The second kappa shape index (κ2) is 6.57. The summed E-state index contributed by atoms with van der Waals surface area (Å²) < 4.78 is 0. The summed E-state index contributed by atoms with van der Waals surface area (Å²) in [6.45, 7) is 2.97. The molecular weight excluding hydrogens is 300 g/mol. The number of carbonyl (C=O) groups excluding carboxylic acids is 1. The Morgan fingerprint density at radius 1 is 1.23 bits per heavy atom. The summed E-state index contributed by atoms with van der Waals surface area (Å²) in [7, 11) is 0. The van der Waals surface area contributed by atoms with Crippen LogP contribution >= 0.6 is 11.6 Å². The van der Waals surface area contributed by atoms with E-state index in [4.69, 9.17) is 11.6 Å². The van der Waals surface area contributed by atoms with Crippen molar-refractivity contribution in [2.45, 2.75) is 37.8 Å². The third-order valence-corrected chi connectivity index (χ3v) is 5.19. The molecule has 1 spiro atoms. The summed E-state index contributed by atoms with van der Waals surface area (Å²) in [5.41, 5.74) is 0.788. The molecule has 1 atom stereocenters. The van der Waals surface area contributed by atoms with E-state index >= 15 is 0 Å². The predicted molar refractivity (Wildman–Crippen MR) is 86.7 cm³/mol. The summed E-state index contributed by atoms with van der Waals surface area (Å²) in [5, 5.41) is 9.92. The second-order valence-corrected chi connectivity index (χ2v) is 6.74. The molecule has 120 valence electrons. The number of likely N-dealkylation sites (tertiary alicyclic amines) is 2. The average Bonchev–Trinajstić information content (AvgIpc) is 2.88. The number of piperidine rings is 1. The zero-order chi connectivity index (χ0) is 15.6. The van der Waals surface area contributed by atoms with Gasteiger partial charge in [0.05, 0.1) is 6.61 Å². The van der Waals surface area contributed by atoms with Crippen LogP contribution < -0.4 is 0 Å². The summed E-state index contributed by atoms with van der Waals surface area (Å²) in [6, 6.07) is 7.88. The van der Waals surface area contributed by atoms with Crippen molar-refractivity contribution in [1.29, 1.82) is 0 Å². The second-order valence-electron chi connectivity index (χ2n) is 6.31. The maximum Gasteiger partial charge on any atom is 0.243 e. The number of nitrogens with zero attached hydrogens (tertiary/aromatic N) is 2. The SMILES string of the molecule is O=C1N(CCO)CCCC12CCCN2Cc1cccc(Cl)c1. The molecule has 0 radical (unpaired) electrons. The topological polar surface area (TPSA) is 43.8 Å². The van der Waals surface area contributed by atoms with Crippen LogP contribution in [0.15, 0.2) is 24.3 Å². The van der Waals surface area contributed by atoms with Crippen LogP contribution in [0.2, 0.25) is 5.02 Å². The molecule has 3 rings (SSSR count). The lowest BCUT2D eigenvalue weighted by molar-refractivity contribution is -0.148. The van der Waals surface area contributed by atoms with E-state index in [1.807, 2.05) is 23.1 Å². The van der Waals surface area contributed by atoms with E-state index in [0.29, 0.717) is 6.54 Å². The first kappa shape index (κ1) is 15.8. The summed E-state index contributed by atoms with van der Waals surface area (Å²) >= 11 is 6.08. The van der Waals surface area contributed by atoms with E-state index in [9.17, 15) is 9.90 Å². The van der Waals surface area contributed by atoms with E-state index in [1.54, 1.807) is 0 Å². The van der Waals surface area contributed by atoms with Crippen molar-refractivity contribution in [3.8, 4) is 0 Å². The molecule has 4 nitrogen and oxygen atoms in total. The molecule has 2 aliphatic rings. The third-order valence-electron chi connectivity index (χ3n) is 4.96. The Labute approximate surface area is 136 Å². The number of carbonyl (C=O) groups is 1. The maximum atomic E-state index is 13.0. The number of aliphatic hydroxyl groups excluding tert-OH is 1. The van der Waals surface area contributed by atoms with E-state index in [2.05, 4.69) is 11.0 Å². The fraction of sp³-hybridized carbons (Fsp3) is 0.588. The largest absolute Gasteiger partial charge is 0.395 e. The lowest BCUT2D eigenvalue weighted by Gasteiger charge is -2.44. The Balaban J connectivity index is 1.80. The van der Waals surface area contributed by atoms with E-state index < -0.39 is 0 Å². The van der Waals surface area contributed by atoms with Crippen molar-refractivity contribution < 1.29 is 9.90 Å². The zero-order valence-corrected chi connectivity index (χ0v) is 13.6. The monoisotopic (exact) mass is 322 g/mol. The Morgan fingerprint density at radius 3 is 2.73 bits per heavy atom. The van der Waals surface area contributed by atoms with Crippen LogP contribution in [0.25, 0.3) is 0 Å². The average molecular weight is 323 g/mol. The van der Waals surface area contributed by atoms with Gasteiger partial charge in [-0.25, -0.2) is 0 Å². The highest BCUT2D eigenvalue weighted by Gasteiger charge is 2.50. The molecule has 2 fully saturated rings. The minimum Gasteiger partial charge on any atom is -0.395 e. The van der Waals surface area contributed by atoms with Gasteiger partial charge in [-0.3, -0.25) is 9.69 Å². The van der Waals surface area contributed by atoms with Crippen LogP contribution in [0.1, 0.15) is 31.2 Å². The minimum absolute atomic E-state index is 0.0378. The molecule has 2 aliphatic heterocycles. The van der Waals surface area contributed by atoms with Crippen molar-refractivity contribution in [3.63, 3.8) is 0 Å². The number of benzene rings is 1. The number of amides is 1. The number of halogens is 1. The van der Waals surface area contributed by atoms with Crippen molar-refractivity contribution in [3.05, 3.63) is 34.9 Å². The Kier molecular flexibility index (Phi) is 4.71. The van der Waals surface area contributed by atoms with Crippen LogP contribution in [-0.4, -0.2) is 52.6 Å². The third kappa shape index (κ3) is 2.87. The number of aliphatic hydroxyl groups is 1. The summed E-state index contributed by atoms with van der Waals surface area (Å²) in [6.07, 6.45) is 3.92. The number of hydrogen-bond donors (Lipinski definition) is 1. The van der Waals surface area contributed by atoms with Crippen molar-refractivity contribution in [2.75, 3.05) is 26.2 Å². The van der Waals surface area contributed by atoms with Gasteiger partial charge in [0, 0.05) is 24.7 Å². The van der Waals surface area contributed by atoms with Gasteiger partial charge < -0.3 is 10.0 Å². The van der Waals surface area contributed by atoms with Crippen LogP contribution in [0.3, 0.4) is 0 Å². The molecule has 0 aliphatic carbocycles. The molecule has 1 amide bonds. The molecule has 5 heteroatoms. The van der Waals surface area contributed by atoms with E-state index in [1.165, 1.54) is 0 Å². The lowest BCUT2D eigenvalue weighted by Crippen LogP contribution is -2.60. The predicted octanol–water partition coefficient (Wildman–Crippen LogP) is 2.29. The molecule has 0 aromatic heterocycles. The fourth-order valence-corrected chi connectivity index (χ4v) is 4.16. The highest BCUT2D eigenvalue weighted by molar-refractivity contribution is 6.30. The van der Waals surface area contributed by atoms with Crippen LogP contribution in [0, 0.1) is 0 Å². The van der Waals surface area contributed by atoms with Gasteiger partial charge in [-0.2, -0.15) is 0 Å². The molecular formula is C17H23ClN2O2. The standard InChI is InChI=1S/C17H23ClN2O2/c18-15-5-1-4-14(12-15)13-20-9-3-7-17(20)6-2-8-19(10-11-21)16(17)22/h1,4-5,12,21H,2-3,6-11,13H2. The number of hydrogen-bond acceptors (Lipinski definition) is 3. The number of β-amino-alcohol motifs (C(OH)–C–C–N with tert-alkyl or cyclic N) is 1. The van der Waals surface area contributed by atoms with Gasteiger partial charge in [0.15, 0.2) is 0 Å². The molecule has 0 bridgehead atoms. The van der Waals surface area contributed by atoms with Gasteiger partial charge in [-0.1, -0.05) is 23.7 Å². The van der Waals surface area contributed by atoms with E-state index in [0.717, 1.165) is 55.9 Å². The summed E-state index contributed by atoms with van der Waals surface area (Å²) in [4.78, 5) is 17.1. The van der Waals surface area contributed by atoms with Gasteiger partial charge >= 0.3 is 0 Å². The van der Waals surface area contributed by atoms with Crippen LogP contribution in [-0.2, 0) is 11.3 Å².